The molecule has 0 bridgehead atoms. The quantitative estimate of drug-likeness (QED) is 0.521. The fourth-order valence-corrected chi connectivity index (χ4v) is 1.92. The topological polar surface area (TPSA) is 0 Å². The van der Waals surface area contributed by atoms with Crippen molar-refractivity contribution < 1.29 is 0 Å². The maximum absolute atomic E-state index is 5.58. The van der Waals surface area contributed by atoms with Crippen molar-refractivity contribution in [3.05, 3.63) is 35.4 Å². The van der Waals surface area contributed by atoms with Gasteiger partial charge in [0.15, 0.2) is 0 Å². The van der Waals surface area contributed by atoms with Crippen molar-refractivity contribution in [1.29, 1.82) is 0 Å². The first-order valence-electron chi connectivity index (χ1n) is 5.55. The van der Waals surface area contributed by atoms with Crippen LogP contribution in [-0.2, 0) is 0 Å². The highest BCUT2D eigenvalue weighted by Crippen LogP contribution is 2.36. The first kappa shape index (κ1) is 10.6. The van der Waals surface area contributed by atoms with Crippen molar-refractivity contribution in [2.24, 2.45) is 0 Å². The van der Waals surface area contributed by atoms with Crippen molar-refractivity contribution in [3.8, 4) is 11.8 Å². The van der Waals surface area contributed by atoms with Crippen molar-refractivity contribution in [3.63, 3.8) is 0 Å². The Kier molecular flexibility index (Phi) is 3.69. The van der Waals surface area contributed by atoms with Gasteiger partial charge in [-0.3, -0.25) is 0 Å². The lowest BCUT2D eigenvalue weighted by molar-refractivity contribution is 0.420. The highest BCUT2D eigenvalue weighted by molar-refractivity contribution is 6.18. The Morgan fingerprint density at radius 1 is 1.33 bits per heavy atom. The summed E-state index contributed by atoms with van der Waals surface area (Å²) >= 11 is 5.58. The van der Waals surface area contributed by atoms with E-state index in [2.05, 4.69) is 36.1 Å². The van der Waals surface area contributed by atoms with Gasteiger partial charge >= 0.3 is 0 Å². The largest absolute Gasteiger partial charge is 0.126 e. The van der Waals surface area contributed by atoms with Crippen molar-refractivity contribution in [1.82, 2.24) is 0 Å². The molecule has 0 nitrogen and oxygen atoms in total. The van der Waals surface area contributed by atoms with E-state index in [4.69, 9.17) is 11.6 Å². The molecule has 1 saturated carbocycles. The molecule has 0 saturated heterocycles. The van der Waals surface area contributed by atoms with E-state index in [1.165, 1.54) is 24.8 Å². The van der Waals surface area contributed by atoms with Crippen LogP contribution in [0.3, 0.4) is 0 Å². The molecular weight excluding hydrogens is 204 g/mol. The van der Waals surface area contributed by atoms with Crippen LogP contribution in [0.1, 0.15) is 42.7 Å². The van der Waals surface area contributed by atoms with Gasteiger partial charge < -0.3 is 0 Å². The number of hydrogen-bond donors (Lipinski definition) is 0. The Morgan fingerprint density at radius 3 is 2.87 bits per heavy atom. The van der Waals surface area contributed by atoms with Gasteiger partial charge in [0.1, 0.15) is 0 Å². The SMILES string of the molecule is ClCCC#Cc1cccc(C2CCC2)c1. The second-order valence-electron chi connectivity index (χ2n) is 3.99. The first-order chi connectivity index (χ1) is 7.40. The number of benzene rings is 1. The summed E-state index contributed by atoms with van der Waals surface area (Å²) in [4.78, 5) is 0. The van der Waals surface area contributed by atoms with Crippen LogP contribution in [-0.4, -0.2) is 5.88 Å². The summed E-state index contributed by atoms with van der Waals surface area (Å²) in [5.74, 6) is 7.64. The normalized spacial score (nSPS) is 15.3. The molecule has 1 heteroatoms. The van der Waals surface area contributed by atoms with E-state index < -0.39 is 0 Å². The monoisotopic (exact) mass is 218 g/mol. The fourth-order valence-electron chi connectivity index (χ4n) is 1.82. The van der Waals surface area contributed by atoms with E-state index in [1.807, 2.05) is 0 Å². The van der Waals surface area contributed by atoms with E-state index in [0.29, 0.717) is 5.88 Å². The minimum absolute atomic E-state index is 0.620. The Labute approximate surface area is 96.6 Å². The Hall–Kier alpha value is -0.930. The highest BCUT2D eigenvalue weighted by Gasteiger charge is 2.18. The molecule has 15 heavy (non-hydrogen) atoms. The Balaban J connectivity index is 2.09. The van der Waals surface area contributed by atoms with E-state index in [9.17, 15) is 0 Å². The lowest BCUT2D eigenvalue weighted by Crippen LogP contribution is -2.08. The number of halogens is 1. The second-order valence-corrected chi connectivity index (χ2v) is 4.37. The van der Waals surface area contributed by atoms with Crippen molar-refractivity contribution in [2.45, 2.75) is 31.6 Å². The summed E-state index contributed by atoms with van der Waals surface area (Å²) in [6.45, 7) is 0. The second kappa shape index (κ2) is 5.24. The first-order valence-corrected chi connectivity index (χ1v) is 6.08. The zero-order valence-electron chi connectivity index (χ0n) is 8.80. The van der Waals surface area contributed by atoms with E-state index in [-0.39, 0.29) is 0 Å². The van der Waals surface area contributed by atoms with Gasteiger partial charge in [-0.2, -0.15) is 0 Å². The maximum Gasteiger partial charge on any atom is 0.0333 e. The third kappa shape index (κ3) is 2.76. The summed E-state index contributed by atoms with van der Waals surface area (Å²) in [7, 11) is 0. The van der Waals surface area contributed by atoms with E-state index in [0.717, 1.165) is 17.9 Å². The molecule has 0 unspecified atom stereocenters. The standard InChI is InChI=1S/C14H15Cl/c15-10-2-1-5-12-6-3-9-14(11-12)13-7-4-8-13/h3,6,9,11,13H,2,4,7-8,10H2. The zero-order chi connectivity index (χ0) is 10.5. The highest BCUT2D eigenvalue weighted by atomic mass is 35.5. The third-order valence-corrected chi connectivity index (χ3v) is 3.10. The lowest BCUT2D eigenvalue weighted by atomic mass is 9.80. The van der Waals surface area contributed by atoms with Crippen LogP contribution in [0.5, 0.6) is 0 Å². The van der Waals surface area contributed by atoms with Gasteiger partial charge in [-0.1, -0.05) is 30.4 Å². The van der Waals surface area contributed by atoms with Crippen LogP contribution in [0.15, 0.2) is 24.3 Å². The van der Waals surface area contributed by atoms with Crippen molar-refractivity contribution in [2.75, 3.05) is 5.88 Å². The van der Waals surface area contributed by atoms with Gasteiger partial charge in [0.2, 0.25) is 0 Å². The molecule has 0 atom stereocenters. The molecule has 1 aliphatic carbocycles. The molecular formula is C14H15Cl. The van der Waals surface area contributed by atoms with E-state index in [1.54, 1.807) is 0 Å². The molecule has 1 aromatic carbocycles. The molecule has 0 N–H and O–H groups in total. The van der Waals surface area contributed by atoms with Crippen LogP contribution in [0, 0.1) is 11.8 Å². The average Bonchev–Trinajstić information content (AvgIpc) is 2.16. The molecule has 0 radical (unpaired) electrons. The molecule has 0 heterocycles. The summed E-state index contributed by atoms with van der Waals surface area (Å²) in [5, 5.41) is 0. The van der Waals surface area contributed by atoms with Gasteiger partial charge in [0.05, 0.1) is 0 Å². The smallest absolute Gasteiger partial charge is 0.0333 e. The summed E-state index contributed by atoms with van der Waals surface area (Å²) in [6.07, 6.45) is 4.85. The number of alkyl halides is 1. The van der Waals surface area contributed by atoms with Gasteiger partial charge in [0, 0.05) is 17.9 Å². The minimum Gasteiger partial charge on any atom is -0.126 e. The minimum atomic E-state index is 0.620. The maximum atomic E-state index is 5.58. The average molecular weight is 219 g/mol. The molecule has 0 spiro atoms. The molecule has 0 aliphatic heterocycles. The predicted molar refractivity (Wildman–Crippen MR) is 65.2 cm³/mol. The Morgan fingerprint density at radius 2 is 2.20 bits per heavy atom. The number of hydrogen-bond acceptors (Lipinski definition) is 0. The molecule has 0 aromatic heterocycles. The van der Waals surface area contributed by atoms with Gasteiger partial charge in [-0.25, -0.2) is 0 Å². The van der Waals surface area contributed by atoms with Crippen LogP contribution in [0.25, 0.3) is 0 Å². The zero-order valence-corrected chi connectivity index (χ0v) is 9.56. The molecule has 78 valence electrons. The van der Waals surface area contributed by atoms with Crippen molar-refractivity contribution >= 4 is 11.6 Å². The summed E-state index contributed by atoms with van der Waals surface area (Å²) in [5.41, 5.74) is 2.59. The molecule has 2 rings (SSSR count). The number of rotatable bonds is 2. The fraction of sp³-hybridized carbons (Fsp3) is 0.429. The molecule has 1 aliphatic rings. The molecule has 1 aromatic rings. The molecule has 0 amide bonds. The summed E-state index contributed by atoms with van der Waals surface area (Å²) in [6, 6.07) is 8.63. The van der Waals surface area contributed by atoms with Gasteiger partial charge in [-0.15, -0.1) is 11.6 Å². The van der Waals surface area contributed by atoms with Crippen LogP contribution in [0.4, 0.5) is 0 Å². The lowest BCUT2D eigenvalue weighted by Gasteiger charge is -2.25. The van der Waals surface area contributed by atoms with Gasteiger partial charge in [-0.05, 0) is 36.5 Å². The Bertz CT molecular complexity index is 380. The van der Waals surface area contributed by atoms with Crippen LogP contribution >= 0.6 is 11.6 Å². The predicted octanol–water partition coefficient (Wildman–Crippen LogP) is 3.93. The summed E-state index contributed by atoms with van der Waals surface area (Å²) < 4.78 is 0. The van der Waals surface area contributed by atoms with Crippen LogP contribution < -0.4 is 0 Å². The van der Waals surface area contributed by atoms with Gasteiger partial charge in [0.25, 0.3) is 0 Å². The van der Waals surface area contributed by atoms with Crippen LogP contribution in [0.2, 0.25) is 0 Å². The molecule has 1 fully saturated rings. The third-order valence-electron chi connectivity index (χ3n) is 2.92. The van der Waals surface area contributed by atoms with E-state index >= 15 is 0 Å².